The molecule has 0 bridgehead atoms. The Bertz CT molecular complexity index is 419. The van der Waals surface area contributed by atoms with Crippen molar-refractivity contribution >= 4 is 6.08 Å². The molecule has 0 saturated heterocycles. The molecule has 2 aliphatic carbocycles. The Hall–Kier alpha value is -1.30. The average Bonchev–Trinajstić information content (AvgIpc) is 2.23. The summed E-state index contributed by atoms with van der Waals surface area (Å²) < 4.78 is 0. The average molecular weight is 196 g/mol. The molecule has 0 unspecified atom stereocenters. The van der Waals surface area contributed by atoms with Crippen LogP contribution in [0, 0.1) is 5.92 Å². The molecular formula is C15H16. The van der Waals surface area contributed by atoms with E-state index in [4.69, 9.17) is 0 Å². The van der Waals surface area contributed by atoms with Crippen molar-refractivity contribution in [2.45, 2.75) is 25.7 Å². The van der Waals surface area contributed by atoms with Gasteiger partial charge in [0.05, 0.1) is 0 Å². The molecule has 15 heavy (non-hydrogen) atoms. The van der Waals surface area contributed by atoms with E-state index in [0.717, 1.165) is 12.3 Å². The number of rotatable bonds is 1. The van der Waals surface area contributed by atoms with Gasteiger partial charge in [-0.15, -0.1) is 0 Å². The second-order valence-corrected chi connectivity index (χ2v) is 4.64. The van der Waals surface area contributed by atoms with Gasteiger partial charge in [-0.3, -0.25) is 0 Å². The maximum atomic E-state index is 2.48. The van der Waals surface area contributed by atoms with Gasteiger partial charge in [-0.2, -0.15) is 0 Å². The summed E-state index contributed by atoms with van der Waals surface area (Å²) in [7, 11) is 0. The fourth-order valence-corrected chi connectivity index (χ4v) is 2.36. The molecule has 2 aliphatic rings. The molecule has 0 aromatic heterocycles. The van der Waals surface area contributed by atoms with Crippen LogP contribution in [0.25, 0.3) is 6.08 Å². The van der Waals surface area contributed by atoms with E-state index in [2.05, 4.69) is 42.5 Å². The van der Waals surface area contributed by atoms with Crippen molar-refractivity contribution in [3.05, 3.63) is 53.1 Å². The first kappa shape index (κ1) is 8.96. The molecule has 1 aromatic rings. The Morgan fingerprint density at radius 1 is 1.07 bits per heavy atom. The van der Waals surface area contributed by atoms with Crippen LogP contribution in [-0.4, -0.2) is 0 Å². The topological polar surface area (TPSA) is 0 Å². The molecule has 0 heterocycles. The highest BCUT2D eigenvalue weighted by Gasteiger charge is 2.16. The summed E-state index contributed by atoms with van der Waals surface area (Å²) in [6.45, 7) is 0. The van der Waals surface area contributed by atoms with Crippen molar-refractivity contribution in [1.29, 1.82) is 0 Å². The van der Waals surface area contributed by atoms with Crippen molar-refractivity contribution in [2.24, 2.45) is 5.92 Å². The quantitative estimate of drug-likeness (QED) is 0.637. The van der Waals surface area contributed by atoms with Crippen molar-refractivity contribution < 1.29 is 0 Å². The minimum Gasteiger partial charge on any atom is -0.0779 e. The molecule has 1 saturated carbocycles. The number of hydrogen-bond donors (Lipinski definition) is 0. The van der Waals surface area contributed by atoms with E-state index in [9.17, 15) is 0 Å². The van der Waals surface area contributed by atoms with Gasteiger partial charge in [-0.25, -0.2) is 0 Å². The molecule has 1 fully saturated rings. The predicted octanol–water partition coefficient (Wildman–Crippen LogP) is 3.98. The van der Waals surface area contributed by atoms with Crippen molar-refractivity contribution in [3.8, 4) is 0 Å². The lowest BCUT2D eigenvalue weighted by Gasteiger charge is -2.23. The Morgan fingerprint density at radius 2 is 1.93 bits per heavy atom. The number of allylic oxidation sites excluding steroid dienone is 3. The first-order chi connectivity index (χ1) is 7.42. The third kappa shape index (κ3) is 1.77. The van der Waals surface area contributed by atoms with E-state index < -0.39 is 0 Å². The van der Waals surface area contributed by atoms with Crippen LogP contribution in [0.1, 0.15) is 30.4 Å². The first-order valence-electron chi connectivity index (χ1n) is 5.88. The Balaban J connectivity index is 1.85. The maximum Gasteiger partial charge on any atom is -0.00229 e. The summed E-state index contributed by atoms with van der Waals surface area (Å²) in [5.74, 6) is 0.870. The molecular weight excluding hydrogens is 180 g/mol. The third-order valence-corrected chi connectivity index (χ3v) is 3.53. The Kier molecular flexibility index (Phi) is 2.21. The second-order valence-electron chi connectivity index (χ2n) is 4.64. The Labute approximate surface area is 91.3 Å². The summed E-state index contributed by atoms with van der Waals surface area (Å²) >= 11 is 0. The van der Waals surface area contributed by atoms with E-state index in [1.807, 2.05) is 0 Å². The van der Waals surface area contributed by atoms with E-state index in [0.29, 0.717) is 0 Å². The second kappa shape index (κ2) is 3.69. The Morgan fingerprint density at radius 3 is 2.73 bits per heavy atom. The first-order valence-corrected chi connectivity index (χ1v) is 5.88. The lowest BCUT2D eigenvalue weighted by atomic mass is 9.82. The zero-order chi connectivity index (χ0) is 10.1. The molecule has 3 rings (SSSR count). The van der Waals surface area contributed by atoms with Crippen LogP contribution in [0.2, 0.25) is 0 Å². The van der Waals surface area contributed by atoms with Crippen LogP contribution >= 0.6 is 0 Å². The minimum atomic E-state index is 0.870. The summed E-state index contributed by atoms with van der Waals surface area (Å²) in [5.41, 5.74) is 4.38. The highest BCUT2D eigenvalue weighted by molar-refractivity contribution is 5.61. The summed E-state index contributed by atoms with van der Waals surface area (Å²) in [6, 6.07) is 8.70. The van der Waals surface area contributed by atoms with Gasteiger partial charge in [0.25, 0.3) is 0 Å². The fourth-order valence-electron chi connectivity index (χ4n) is 2.36. The lowest BCUT2D eigenvalue weighted by Crippen LogP contribution is -2.09. The van der Waals surface area contributed by atoms with E-state index >= 15 is 0 Å². The largest absolute Gasteiger partial charge is 0.0779 e. The molecule has 0 radical (unpaired) electrons. The maximum absolute atomic E-state index is 2.48. The molecule has 0 aliphatic heterocycles. The van der Waals surface area contributed by atoms with Crippen LogP contribution in [-0.2, 0) is 6.42 Å². The van der Waals surface area contributed by atoms with Gasteiger partial charge < -0.3 is 0 Å². The standard InChI is InChI=1S/C15H16/c1-2-7-15-11-13(8-9-14(15)6-1)10-12-4-3-5-12/h1-2,6-10,12H,3-5,11H2. The van der Waals surface area contributed by atoms with Gasteiger partial charge in [0.15, 0.2) is 0 Å². The summed E-state index contributed by atoms with van der Waals surface area (Å²) in [6.07, 6.45) is 12.4. The number of benzene rings is 1. The molecule has 0 nitrogen and oxygen atoms in total. The molecule has 0 atom stereocenters. The monoisotopic (exact) mass is 196 g/mol. The molecule has 0 spiro atoms. The predicted molar refractivity (Wildman–Crippen MR) is 64.6 cm³/mol. The van der Waals surface area contributed by atoms with Gasteiger partial charge in [0.1, 0.15) is 0 Å². The van der Waals surface area contributed by atoms with Crippen LogP contribution in [0.4, 0.5) is 0 Å². The zero-order valence-electron chi connectivity index (χ0n) is 8.95. The van der Waals surface area contributed by atoms with Gasteiger partial charge in [0, 0.05) is 0 Å². The molecule has 0 amide bonds. The number of hydrogen-bond acceptors (Lipinski definition) is 0. The summed E-state index contributed by atoms with van der Waals surface area (Å²) in [4.78, 5) is 0. The van der Waals surface area contributed by atoms with Crippen molar-refractivity contribution in [2.75, 3.05) is 0 Å². The SMILES string of the molecule is C1=Cc2ccccc2CC1=CC1CCC1. The van der Waals surface area contributed by atoms with Crippen LogP contribution < -0.4 is 0 Å². The highest BCUT2D eigenvalue weighted by atomic mass is 14.2. The van der Waals surface area contributed by atoms with Gasteiger partial charge in [-0.05, 0) is 41.9 Å². The number of fused-ring (bicyclic) bond motifs is 1. The van der Waals surface area contributed by atoms with E-state index in [1.165, 1.54) is 36.0 Å². The van der Waals surface area contributed by atoms with E-state index in [-0.39, 0.29) is 0 Å². The smallest absolute Gasteiger partial charge is 0.00229 e. The minimum absolute atomic E-state index is 0.870. The van der Waals surface area contributed by atoms with E-state index in [1.54, 1.807) is 0 Å². The van der Waals surface area contributed by atoms with Gasteiger partial charge in [-0.1, -0.05) is 48.9 Å². The van der Waals surface area contributed by atoms with Crippen LogP contribution in [0.3, 0.4) is 0 Å². The van der Waals surface area contributed by atoms with Crippen molar-refractivity contribution in [3.63, 3.8) is 0 Å². The van der Waals surface area contributed by atoms with Crippen LogP contribution in [0.15, 0.2) is 42.0 Å². The molecule has 0 N–H and O–H groups in total. The zero-order valence-corrected chi connectivity index (χ0v) is 8.95. The molecule has 0 heteroatoms. The van der Waals surface area contributed by atoms with Crippen molar-refractivity contribution in [1.82, 2.24) is 0 Å². The molecule has 76 valence electrons. The highest BCUT2D eigenvalue weighted by Crippen LogP contribution is 2.31. The normalized spacial score (nSPS) is 22.5. The lowest BCUT2D eigenvalue weighted by molar-refractivity contribution is 0.386. The molecule has 1 aromatic carbocycles. The van der Waals surface area contributed by atoms with Gasteiger partial charge >= 0.3 is 0 Å². The fraction of sp³-hybridized carbons (Fsp3) is 0.333. The summed E-state index contributed by atoms with van der Waals surface area (Å²) in [5, 5.41) is 0. The third-order valence-electron chi connectivity index (χ3n) is 3.53. The van der Waals surface area contributed by atoms with Gasteiger partial charge in [0.2, 0.25) is 0 Å². The van der Waals surface area contributed by atoms with Crippen LogP contribution in [0.5, 0.6) is 0 Å².